The van der Waals surface area contributed by atoms with Crippen molar-refractivity contribution in [3.63, 3.8) is 0 Å². The summed E-state index contributed by atoms with van der Waals surface area (Å²) in [5.41, 5.74) is 5.15. The molecular weight excluding hydrogens is 434 g/mol. The third kappa shape index (κ3) is 5.80. The fourth-order valence-electron chi connectivity index (χ4n) is 3.58. The summed E-state index contributed by atoms with van der Waals surface area (Å²) < 4.78 is 28.6. The molecule has 0 aliphatic rings. The third-order valence-corrected chi connectivity index (χ3v) is 7.32. The van der Waals surface area contributed by atoms with Gasteiger partial charge in [0.25, 0.3) is 0 Å². The molecule has 1 atom stereocenters. The van der Waals surface area contributed by atoms with Gasteiger partial charge in [0.05, 0.1) is 11.7 Å². The number of carbonyl (C=O) groups is 1. The number of carbonyl (C=O) groups excluding carboxylic acids is 1. The second kappa shape index (κ2) is 10.2. The zero-order valence-electron chi connectivity index (χ0n) is 19.7. The van der Waals surface area contributed by atoms with Crippen LogP contribution in [0.1, 0.15) is 33.9 Å². The van der Waals surface area contributed by atoms with Crippen LogP contribution in [0, 0.1) is 20.8 Å². The van der Waals surface area contributed by atoms with Gasteiger partial charge in [0.2, 0.25) is 5.91 Å². The van der Waals surface area contributed by atoms with E-state index in [1.807, 2.05) is 87.5 Å². The van der Waals surface area contributed by atoms with E-state index in [1.165, 1.54) is 18.4 Å². The highest BCUT2D eigenvalue weighted by atomic mass is 32.2. The molecule has 1 N–H and O–H groups in total. The zero-order valence-corrected chi connectivity index (χ0v) is 20.6. The maximum Gasteiger partial charge on any atom is 0.304 e. The van der Waals surface area contributed by atoms with Crippen LogP contribution in [-0.4, -0.2) is 39.3 Å². The number of rotatable bonds is 8. The number of nitrogens with one attached hydrogen (secondary N) is 1. The predicted molar refractivity (Wildman–Crippen MR) is 133 cm³/mol. The maximum atomic E-state index is 13.3. The lowest BCUT2D eigenvalue weighted by Crippen LogP contribution is -2.46. The van der Waals surface area contributed by atoms with Gasteiger partial charge in [0.15, 0.2) is 0 Å². The Hall–Kier alpha value is -3.16. The van der Waals surface area contributed by atoms with Gasteiger partial charge >= 0.3 is 10.2 Å². The van der Waals surface area contributed by atoms with E-state index in [1.54, 1.807) is 6.07 Å². The van der Waals surface area contributed by atoms with Crippen LogP contribution >= 0.6 is 0 Å². The minimum atomic E-state index is -3.89. The molecule has 0 spiro atoms. The van der Waals surface area contributed by atoms with Crippen LogP contribution in [0.4, 0.5) is 5.69 Å². The second-order valence-electron chi connectivity index (χ2n) is 8.41. The van der Waals surface area contributed by atoms with Crippen LogP contribution in [-0.2, 0) is 15.0 Å². The molecule has 0 unspecified atom stereocenters. The molecule has 0 aromatic heterocycles. The molecule has 3 rings (SSSR count). The molecule has 0 aliphatic heterocycles. The van der Waals surface area contributed by atoms with Crippen molar-refractivity contribution in [2.24, 2.45) is 0 Å². The SMILES string of the molecule is Cc1ccc([C@H](NC(=O)CN(c2cc(C)ccc2C)S(=O)(=O)N(C)C)c2ccccc2)cc1. The highest BCUT2D eigenvalue weighted by molar-refractivity contribution is 7.90. The van der Waals surface area contributed by atoms with Gasteiger partial charge in [0, 0.05) is 14.1 Å². The summed E-state index contributed by atoms with van der Waals surface area (Å²) in [4.78, 5) is 13.3. The van der Waals surface area contributed by atoms with Gasteiger partial charge in [-0.05, 0) is 49.1 Å². The molecule has 33 heavy (non-hydrogen) atoms. The van der Waals surface area contributed by atoms with E-state index in [0.29, 0.717) is 5.69 Å². The van der Waals surface area contributed by atoms with E-state index < -0.39 is 22.2 Å². The fourth-order valence-corrected chi connectivity index (χ4v) is 4.70. The Labute approximate surface area is 197 Å². The van der Waals surface area contributed by atoms with Gasteiger partial charge in [0.1, 0.15) is 6.54 Å². The first kappa shape index (κ1) is 24.5. The Morgan fingerprint density at radius 1 is 0.848 bits per heavy atom. The lowest BCUT2D eigenvalue weighted by Gasteiger charge is -2.29. The van der Waals surface area contributed by atoms with Crippen LogP contribution in [0.25, 0.3) is 0 Å². The van der Waals surface area contributed by atoms with Crippen LogP contribution in [0.3, 0.4) is 0 Å². The van der Waals surface area contributed by atoms with Crippen molar-refractivity contribution in [1.82, 2.24) is 9.62 Å². The summed E-state index contributed by atoms with van der Waals surface area (Å²) in [6, 6.07) is 22.8. The normalized spacial score (nSPS) is 12.4. The van der Waals surface area contributed by atoms with Gasteiger partial charge in [-0.25, -0.2) is 4.31 Å². The average molecular weight is 466 g/mol. The third-order valence-electron chi connectivity index (χ3n) is 5.51. The molecule has 0 saturated heterocycles. The van der Waals surface area contributed by atoms with Crippen LogP contribution < -0.4 is 9.62 Å². The number of amides is 1. The van der Waals surface area contributed by atoms with Crippen LogP contribution in [0.15, 0.2) is 72.8 Å². The quantitative estimate of drug-likeness (QED) is 0.544. The number of hydrogen-bond acceptors (Lipinski definition) is 3. The molecule has 7 heteroatoms. The molecule has 3 aromatic carbocycles. The molecule has 0 bridgehead atoms. The molecule has 174 valence electrons. The molecule has 6 nitrogen and oxygen atoms in total. The standard InChI is InChI=1S/C26H31N3O3S/c1-19-12-15-23(16-13-19)26(22-9-7-6-8-10-22)27-25(30)18-29(33(31,32)28(4)5)24-17-20(2)11-14-21(24)3/h6-17,26H,18H2,1-5H3,(H,27,30)/t26-/m1/s1. The van der Waals surface area contributed by atoms with E-state index in [4.69, 9.17) is 0 Å². The minimum Gasteiger partial charge on any atom is -0.344 e. The maximum absolute atomic E-state index is 13.3. The van der Waals surface area contributed by atoms with E-state index in [0.717, 1.165) is 32.1 Å². The van der Waals surface area contributed by atoms with Crippen molar-refractivity contribution in [2.45, 2.75) is 26.8 Å². The zero-order chi connectivity index (χ0) is 24.2. The molecule has 0 aliphatic carbocycles. The summed E-state index contributed by atoms with van der Waals surface area (Å²) in [5, 5.41) is 3.05. The van der Waals surface area contributed by atoms with Gasteiger partial charge in [-0.15, -0.1) is 0 Å². The Morgan fingerprint density at radius 3 is 2.03 bits per heavy atom. The Kier molecular flexibility index (Phi) is 7.56. The first-order chi connectivity index (χ1) is 15.6. The number of aryl methyl sites for hydroxylation is 3. The van der Waals surface area contributed by atoms with E-state index in [-0.39, 0.29) is 6.54 Å². The summed E-state index contributed by atoms with van der Waals surface area (Å²) in [7, 11) is -0.966. The first-order valence-electron chi connectivity index (χ1n) is 10.8. The fraction of sp³-hybridized carbons (Fsp3) is 0.269. The predicted octanol–water partition coefficient (Wildman–Crippen LogP) is 4.13. The Morgan fingerprint density at radius 2 is 1.42 bits per heavy atom. The number of nitrogens with zero attached hydrogens (tertiary/aromatic N) is 2. The minimum absolute atomic E-state index is 0.333. The lowest BCUT2D eigenvalue weighted by molar-refractivity contribution is -0.120. The topological polar surface area (TPSA) is 69.7 Å². The van der Waals surface area contributed by atoms with Crippen molar-refractivity contribution in [2.75, 3.05) is 24.9 Å². The summed E-state index contributed by atoms with van der Waals surface area (Å²) in [5.74, 6) is -0.393. The number of benzene rings is 3. The van der Waals surface area contributed by atoms with Crippen molar-refractivity contribution in [3.8, 4) is 0 Å². The van der Waals surface area contributed by atoms with E-state index in [2.05, 4.69) is 5.32 Å². The highest BCUT2D eigenvalue weighted by Gasteiger charge is 2.29. The molecule has 3 aromatic rings. The molecule has 0 heterocycles. The van der Waals surface area contributed by atoms with Crippen molar-refractivity contribution in [1.29, 1.82) is 0 Å². The largest absolute Gasteiger partial charge is 0.344 e. The van der Waals surface area contributed by atoms with Gasteiger partial charge in [-0.1, -0.05) is 72.3 Å². The molecule has 0 saturated carbocycles. The number of hydrogen-bond donors (Lipinski definition) is 1. The molecule has 0 radical (unpaired) electrons. The first-order valence-corrected chi connectivity index (χ1v) is 12.2. The van der Waals surface area contributed by atoms with Crippen molar-refractivity contribution >= 4 is 21.8 Å². The van der Waals surface area contributed by atoms with Crippen molar-refractivity contribution in [3.05, 3.63) is 101 Å². The van der Waals surface area contributed by atoms with Gasteiger partial charge in [-0.2, -0.15) is 12.7 Å². The van der Waals surface area contributed by atoms with Crippen LogP contribution in [0.5, 0.6) is 0 Å². The summed E-state index contributed by atoms with van der Waals surface area (Å²) >= 11 is 0. The highest BCUT2D eigenvalue weighted by Crippen LogP contribution is 2.26. The second-order valence-corrected chi connectivity index (χ2v) is 10.5. The Balaban J connectivity index is 1.96. The lowest BCUT2D eigenvalue weighted by atomic mass is 9.98. The van der Waals surface area contributed by atoms with Crippen molar-refractivity contribution < 1.29 is 13.2 Å². The molecule has 1 amide bonds. The van der Waals surface area contributed by atoms with Gasteiger partial charge < -0.3 is 5.32 Å². The summed E-state index contributed by atoms with van der Waals surface area (Å²) in [6.45, 7) is 5.41. The number of anilines is 1. The Bertz CT molecular complexity index is 1210. The molecular formula is C26H31N3O3S. The molecule has 0 fully saturated rings. The summed E-state index contributed by atoms with van der Waals surface area (Å²) in [6.07, 6.45) is 0. The van der Waals surface area contributed by atoms with E-state index in [9.17, 15) is 13.2 Å². The smallest absolute Gasteiger partial charge is 0.304 e. The monoisotopic (exact) mass is 465 g/mol. The van der Waals surface area contributed by atoms with Crippen LogP contribution in [0.2, 0.25) is 0 Å². The average Bonchev–Trinajstić information content (AvgIpc) is 2.78. The van der Waals surface area contributed by atoms with E-state index >= 15 is 0 Å². The van der Waals surface area contributed by atoms with Gasteiger partial charge in [-0.3, -0.25) is 4.79 Å².